The Kier molecular flexibility index (Phi) is 4.60. The number of nitrogens with two attached hydrogens (primary N) is 1. The van der Waals surface area contributed by atoms with Crippen molar-refractivity contribution in [2.75, 3.05) is 12.3 Å². The van der Waals surface area contributed by atoms with Crippen molar-refractivity contribution in [3.63, 3.8) is 0 Å². The molecule has 0 bridgehead atoms. The summed E-state index contributed by atoms with van der Waals surface area (Å²) in [6.07, 6.45) is 0.204. The standard InChI is InChI=1S/C5H13N3O3S/c1-2-12(10,11)7-4-3-5(6)8-9/h7,9H,2-4H2,1H3,(H2,6,8). The van der Waals surface area contributed by atoms with Gasteiger partial charge in [-0.2, -0.15) is 0 Å². The highest BCUT2D eigenvalue weighted by atomic mass is 32.2. The highest BCUT2D eigenvalue weighted by Gasteiger charge is 2.04. The van der Waals surface area contributed by atoms with Gasteiger partial charge in [-0.15, -0.1) is 0 Å². The van der Waals surface area contributed by atoms with Gasteiger partial charge in [-0.1, -0.05) is 5.16 Å². The van der Waals surface area contributed by atoms with Crippen molar-refractivity contribution in [2.24, 2.45) is 10.9 Å². The van der Waals surface area contributed by atoms with Gasteiger partial charge in [-0.25, -0.2) is 13.1 Å². The molecule has 0 unspecified atom stereocenters. The molecule has 0 aromatic rings. The Bertz CT molecular complexity index is 247. The van der Waals surface area contributed by atoms with Gasteiger partial charge in [0.25, 0.3) is 0 Å². The lowest BCUT2D eigenvalue weighted by Gasteiger charge is -2.02. The number of nitrogens with one attached hydrogen (secondary N) is 1. The molecule has 7 heteroatoms. The fourth-order valence-corrected chi connectivity index (χ4v) is 1.10. The molecule has 0 aromatic carbocycles. The normalized spacial score (nSPS) is 13.2. The molecule has 0 saturated heterocycles. The van der Waals surface area contributed by atoms with Crippen molar-refractivity contribution in [3.05, 3.63) is 0 Å². The number of oxime groups is 1. The summed E-state index contributed by atoms with van der Waals surface area (Å²) in [6.45, 7) is 1.69. The molecule has 0 amide bonds. The number of nitrogens with zero attached hydrogens (tertiary/aromatic N) is 1. The molecule has 0 rings (SSSR count). The predicted octanol–water partition coefficient (Wildman–Crippen LogP) is -0.938. The zero-order valence-electron chi connectivity index (χ0n) is 6.82. The van der Waals surface area contributed by atoms with E-state index in [1.807, 2.05) is 0 Å². The van der Waals surface area contributed by atoms with Crippen molar-refractivity contribution in [2.45, 2.75) is 13.3 Å². The van der Waals surface area contributed by atoms with Crippen molar-refractivity contribution in [3.8, 4) is 0 Å². The van der Waals surface area contributed by atoms with E-state index in [1.54, 1.807) is 0 Å². The van der Waals surface area contributed by atoms with E-state index in [9.17, 15) is 8.42 Å². The molecule has 0 aromatic heterocycles. The van der Waals surface area contributed by atoms with Crippen LogP contribution >= 0.6 is 0 Å². The number of hydrogen-bond acceptors (Lipinski definition) is 4. The quantitative estimate of drug-likeness (QED) is 0.228. The number of rotatable bonds is 5. The monoisotopic (exact) mass is 195 g/mol. The summed E-state index contributed by atoms with van der Waals surface area (Å²) in [5, 5.41) is 10.8. The molecule has 0 aliphatic heterocycles. The SMILES string of the molecule is CCS(=O)(=O)NCCC(N)=NO. The molecule has 6 nitrogen and oxygen atoms in total. The molecular formula is C5H13N3O3S. The molecule has 0 radical (unpaired) electrons. The van der Waals surface area contributed by atoms with Gasteiger partial charge in [-0.3, -0.25) is 0 Å². The molecule has 0 spiro atoms. The molecule has 0 heterocycles. The Balaban J connectivity index is 3.72. The third kappa shape index (κ3) is 4.91. The Morgan fingerprint density at radius 3 is 2.67 bits per heavy atom. The van der Waals surface area contributed by atoms with Gasteiger partial charge in [0.1, 0.15) is 5.84 Å². The maximum atomic E-state index is 10.8. The van der Waals surface area contributed by atoms with Crippen LogP contribution in [-0.4, -0.2) is 31.8 Å². The van der Waals surface area contributed by atoms with Crippen molar-refractivity contribution < 1.29 is 13.6 Å². The molecular weight excluding hydrogens is 182 g/mol. The molecule has 4 N–H and O–H groups in total. The van der Waals surface area contributed by atoms with Crippen LogP contribution in [0.3, 0.4) is 0 Å². The maximum Gasteiger partial charge on any atom is 0.211 e. The Morgan fingerprint density at radius 2 is 2.25 bits per heavy atom. The summed E-state index contributed by atoms with van der Waals surface area (Å²) in [7, 11) is -3.17. The first-order chi connectivity index (χ1) is 5.52. The van der Waals surface area contributed by atoms with Crippen LogP contribution in [0.1, 0.15) is 13.3 Å². The average Bonchev–Trinajstić information content (AvgIpc) is 2.04. The summed E-state index contributed by atoms with van der Waals surface area (Å²) in [5.74, 6) is 0.0391. The zero-order chi connectivity index (χ0) is 9.61. The molecule has 72 valence electrons. The molecule has 0 fully saturated rings. The van der Waals surface area contributed by atoms with E-state index in [2.05, 4.69) is 9.88 Å². The third-order valence-electron chi connectivity index (χ3n) is 1.21. The topological polar surface area (TPSA) is 105 Å². The summed E-state index contributed by atoms with van der Waals surface area (Å²) < 4.78 is 23.9. The lowest BCUT2D eigenvalue weighted by molar-refractivity contribution is 0.317. The predicted molar refractivity (Wildman–Crippen MR) is 45.5 cm³/mol. The van der Waals surface area contributed by atoms with Crippen LogP contribution in [-0.2, 0) is 10.0 Å². The van der Waals surface area contributed by atoms with E-state index in [0.29, 0.717) is 0 Å². The molecule has 12 heavy (non-hydrogen) atoms. The van der Waals surface area contributed by atoms with E-state index in [1.165, 1.54) is 6.92 Å². The van der Waals surface area contributed by atoms with Gasteiger partial charge in [0, 0.05) is 13.0 Å². The van der Waals surface area contributed by atoms with Gasteiger partial charge in [-0.05, 0) is 6.92 Å². The average molecular weight is 195 g/mol. The number of amidine groups is 1. The molecule has 0 saturated carbocycles. The third-order valence-corrected chi connectivity index (χ3v) is 2.62. The van der Waals surface area contributed by atoms with Gasteiger partial charge in [0.05, 0.1) is 5.75 Å². The van der Waals surface area contributed by atoms with Gasteiger partial charge < -0.3 is 10.9 Å². The van der Waals surface area contributed by atoms with Crippen LogP contribution < -0.4 is 10.5 Å². The fourth-order valence-electron chi connectivity index (χ4n) is 0.487. The van der Waals surface area contributed by atoms with E-state index >= 15 is 0 Å². The van der Waals surface area contributed by atoms with E-state index in [-0.39, 0.29) is 24.6 Å². The van der Waals surface area contributed by atoms with Crippen molar-refractivity contribution in [1.29, 1.82) is 0 Å². The fraction of sp³-hybridized carbons (Fsp3) is 0.800. The smallest absolute Gasteiger partial charge is 0.211 e. The minimum Gasteiger partial charge on any atom is -0.409 e. The highest BCUT2D eigenvalue weighted by Crippen LogP contribution is 1.83. The van der Waals surface area contributed by atoms with Gasteiger partial charge in [0.15, 0.2) is 0 Å². The van der Waals surface area contributed by atoms with Crippen molar-refractivity contribution in [1.82, 2.24) is 4.72 Å². The number of hydrogen-bond donors (Lipinski definition) is 3. The van der Waals surface area contributed by atoms with Crippen LogP contribution in [0.15, 0.2) is 5.16 Å². The summed E-state index contributed by atoms with van der Waals surface area (Å²) in [4.78, 5) is 0. The largest absolute Gasteiger partial charge is 0.409 e. The Hall–Kier alpha value is -0.820. The van der Waals surface area contributed by atoms with Crippen LogP contribution in [0.2, 0.25) is 0 Å². The Morgan fingerprint density at radius 1 is 1.67 bits per heavy atom. The lowest BCUT2D eigenvalue weighted by Crippen LogP contribution is -2.29. The van der Waals surface area contributed by atoms with E-state index in [4.69, 9.17) is 10.9 Å². The minimum absolute atomic E-state index is 0.00815. The van der Waals surface area contributed by atoms with Crippen LogP contribution in [0.5, 0.6) is 0 Å². The second-order valence-electron chi connectivity index (χ2n) is 2.14. The highest BCUT2D eigenvalue weighted by molar-refractivity contribution is 7.89. The lowest BCUT2D eigenvalue weighted by atomic mass is 10.4. The summed E-state index contributed by atoms with van der Waals surface area (Å²) in [6, 6.07) is 0. The second kappa shape index (κ2) is 4.94. The van der Waals surface area contributed by atoms with Crippen molar-refractivity contribution >= 4 is 15.9 Å². The van der Waals surface area contributed by atoms with Crippen LogP contribution in [0.25, 0.3) is 0 Å². The molecule has 0 atom stereocenters. The van der Waals surface area contributed by atoms with Crippen LogP contribution in [0.4, 0.5) is 0 Å². The Labute approximate surface area is 71.5 Å². The zero-order valence-corrected chi connectivity index (χ0v) is 7.63. The van der Waals surface area contributed by atoms with Gasteiger partial charge in [0.2, 0.25) is 10.0 Å². The first-order valence-electron chi connectivity index (χ1n) is 3.45. The summed E-state index contributed by atoms with van der Waals surface area (Å²) >= 11 is 0. The molecule has 0 aliphatic rings. The molecule has 0 aliphatic carbocycles. The maximum absolute atomic E-state index is 10.8. The van der Waals surface area contributed by atoms with E-state index < -0.39 is 10.0 Å². The van der Waals surface area contributed by atoms with Crippen LogP contribution in [0, 0.1) is 0 Å². The minimum atomic E-state index is -3.17. The first-order valence-corrected chi connectivity index (χ1v) is 5.10. The van der Waals surface area contributed by atoms with Gasteiger partial charge >= 0.3 is 0 Å². The second-order valence-corrected chi connectivity index (χ2v) is 4.23. The van der Waals surface area contributed by atoms with E-state index in [0.717, 1.165) is 0 Å². The first kappa shape index (κ1) is 11.2. The number of sulfonamides is 1. The summed E-state index contributed by atoms with van der Waals surface area (Å²) in [5.41, 5.74) is 5.11.